The Morgan fingerprint density at radius 2 is 2.07 bits per heavy atom. The van der Waals surface area contributed by atoms with Crippen molar-refractivity contribution >= 4 is 27.4 Å². The highest BCUT2D eigenvalue weighted by atomic mass is 32.1. The summed E-state index contributed by atoms with van der Waals surface area (Å²) in [7, 11) is 0. The van der Waals surface area contributed by atoms with E-state index in [4.69, 9.17) is 14.0 Å². The second kappa shape index (κ2) is 8.12. The largest absolute Gasteiger partial charge is 0.493 e. The van der Waals surface area contributed by atoms with Gasteiger partial charge >= 0.3 is 0 Å². The van der Waals surface area contributed by atoms with Crippen LogP contribution < -0.4 is 14.4 Å². The van der Waals surface area contributed by atoms with Gasteiger partial charge in [0.25, 0.3) is 5.88 Å². The first-order valence-corrected chi connectivity index (χ1v) is 10.2. The van der Waals surface area contributed by atoms with Gasteiger partial charge in [0.05, 0.1) is 18.6 Å². The normalized spacial score (nSPS) is 15.4. The fraction of sp³-hybridized carbons (Fsp3) is 0.526. The van der Waals surface area contributed by atoms with Crippen LogP contribution in [0, 0.1) is 12.8 Å². The second-order valence-corrected chi connectivity index (χ2v) is 7.91. The van der Waals surface area contributed by atoms with E-state index < -0.39 is 0 Å². The summed E-state index contributed by atoms with van der Waals surface area (Å²) in [4.78, 5) is 2.34. The second-order valence-electron chi connectivity index (χ2n) is 6.75. The Hall–Kier alpha value is -2.35. The van der Waals surface area contributed by atoms with E-state index in [-0.39, 0.29) is 0 Å². The molecule has 144 valence electrons. The lowest BCUT2D eigenvalue weighted by molar-refractivity contribution is 0.258. The van der Waals surface area contributed by atoms with Crippen LogP contribution >= 0.6 is 11.3 Å². The summed E-state index contributed by atoms with van der Waals surface area (Å²) in [5, 5.41) is 15.3. The summed E-state index contributed by atoms with van der Waals surface area (Å²) in [5.74, 6) is 2.04. The first kappa shape index (κ1) is 18.0. The molecule has 0 radical (unpaired) electrons. The molecule has 1 fully saturated rings. The third-order valence-corrected chi connectivity index (χ3v) is 5.79. The first-order chi connectivity index (χ1) is 13.2. The Morgan fingerprint density at radius 1 is 1.22 bits per heavy atom. The Morgan fingerprint density at radius 3 is 2.81 bits per heavy atom. The summed E-state index contributed by atoms with van der Waals surface area (Å²) in [6.45, 7) is 7.29. The number of benzene rings is 1. The van der Waals surface area contributed by atoms with Gasteiger partial charge in [-0.25, -0.2) is 0 Å². The molecule has 1 aromatic carbocycles. The molecular formula is C19H24N4O3S. The van der Waals surface area contributed by atoms with Crippen molar-refractivity contribution in [2.45, 2.75) is 33.1 Å². The maximum atomic E-state index is 5.94. The van der Waals surface area contributed by atoms with Crippen LogP contribution in [0.5, 0.6) is 11.6 Å². The summed E-state index contributed by atoms with van der Waals surface area (Å²) in [6.07, 6.45) is 3.39. The summed E-state index contributed by atoms with van der Waals surface area (Å²) < 4.78 is 16.7. The van der Waals surface area contributed by atoms with Gasteiger partial charge in [0.15, 0.2) is 5.58 Å². The zero-order valence-corrected chi connectivity index (χ0v) is 16.5. The summed E-state index contributed by atoms with van der Waals surface area (Å²) in [6, 6.07) is 5.77. The smallest absolute Gasteiger partial charge is 0.262 e. The molecular weight excluding hydrogens is 364 g/mol. The lowest BCUT2D eigenvalue weighted by Gasteiger charge is -2.31. The van der Waals surface area contributed by atoms with E-state index in [1.165, 1.54) is 12.8 Å². The van der Waals surface area contributed by atoms with Crippen LogP contribution in [0.4, 0.5) is 5.13 Å². The number of anilines is 1. The van der Waals surface area contributed by atoms with E-state index >= 15 is 0 Å². The molecule has 0 amide bonds. The average Bonchev–Trinajstić information content (AvgIpc) is 3.29. The Kier molecular flexibility index (Phi) is 5.42. The molecule has 8 heteroatoms. The number of aromatic nitrogens is 3. The van der Waals surface area contributed by atoms with Crippen LogP contribution in [-0.4, -0.2) is 41.7 Å². The van der Waals surface area contributed by atoms with Gasteiger partial charge in [-0.1, -0.05) is 11.3 Å². The molecule has 0 atom stereocenters. The van der Waals surface area contributed by atoms with Crippen molar-refractivity contribution in [3.05, 3.63) is 23.2 Å². The van der Waals surface area contributed by atoms with Crippen molar-refractivity contribution < 1.29 is 14.0 Å². The standard InChI is InChI=1S/C19H24N4O3S/c1-3-24-18-16-5-4-15(12-17(16)26-22-18)25-11-8-14-6-9-23(10-7-14)19-21-20-13(2)27-19/h4-5,12,14H,3,6-11H2,1-2H3. The van der Waals surface area contributed by atoms with Crippen molar-refractivity contribution in [2.75, 3.05) is 31.2 Å². The Bertz CT molecular complexity index is 886. The van der Waals surface area contributed by atoms with E-state index in [0.29, 0.717) is 30.6 Å². The van der Waals surface area contributed by atoms with Gasteiger partial charge in [-0.15, -0.1) is 10.2 Å². The Balaban J connectivity index is 1.25. The van der Waals surface area contributed by atoms with E-state index in [9.17, 15) is 0 Å². The van der Waals surface area contributed by atoms with Crippen molar-refractivity contribution in [1.29, 1.82) is 0 Å². The number of hydrogen-bond acceptors (Lipinski definition) is 8. The monoisotopic (exact) mass is 388 g/mol. The van der Waals surface area contributed by atoms with Crippen molar-refractivity contribution in [3.8, 4) is 11.6 Å². The lowest BCUT2D eigenvalue weighted by Crippen LogP contribution is -2.34. The number of rotatable bonds is 7. The molecule has 3 aromatic rings. The predicted molar refractivity (Wildman–Crippen MR) is 105 cm³/mol. The van der Waals surface area contributed by atoms with Crippen LogP contribution in [0.2, 0.25) is 0 Å². The number of ether oxygens (including phenoxy) is 2. The molecule has 4 rings (SSSR count). The minimum Gasteiger partial charge on any atom is -0.493 e. The summed E-state index contributed by atoms with van der Waals surface area (Å²) in [5.41, 5.74) is 0.691. The molecule has 2 aromatic heterocycles. The number of fused-ring (bicyclic) bond motifs is 1. The molecule has 1 aliphatic rings. The third kappa shape index (κ3) is 4.16. The van der Waals surface area contributed by atoms with Crippen LogP contribution in [0.25, 0.3) is 11.0 Å². The van der Waals surface area contributed by atoms with Crippen molar-refractivity contribution in [1.82, 2.24) is 15.4 Å². The molecule has 0 saturated carbocycles. The first-order valence-electron chi connectivity index (χ1n) is 9.43. The quantitative estimate of drug-likeness (QED) is 0.604. The highest BCUT2D eigenvalue weighted by Crippen LogP contribution is 2.30. The fourth-order valence-electron chi connectivity index (χ4n) is 3.40. The van der Waals surface area contributed by atoms with Crippen LogP contribution in [-0.2, 0) is 0 Å². The third-order valence-electron chi connectivity index (χ3n) is 4.89. The SMILES string of the molecule is CCOc1noc2cc(OCCC3CCN(c4nnc(C)s4)CC3)ccc12. The molecule has 1 saturated heterocycles. The molecule has 0 N–H and O–H groups in total. The summed E-state index contributed by atoms with van der Waals surface area (Å²) >= 11 is 1.67. The van der Waals surface area contributed by atoms with Crippen LogP contribution in [0.3, 0.4) is 0 Å². The number of hydrogen-bond donors (Lipinski definition) is 0. The molecule has 0 unspecified atom stereocenters. The maximum Gasteiger partial charge on any atom is 0.262 e. The minimum atomic E-state index is 0.538. The Labute approximate surface area is 162 Å². The lowest BCUT2D eigenvalue weighted by atomic mass is 9.94. The molecule has 27 heavy (non-hydrogen) atoms. The van der Waals surface area contributed by atoms with Gasteiger partial charge in [0.1, 0.15) is 10.8 Å². The van der Waals surface area contributed by atoms with Gasteiger partial charge in [-0.2, -0.15) is 0 Å². The van der Waals surface area contributed by atoms with Crippen LogP contribution in [0.1, 0.15) is 31.2 Å². The number of piperidine rings is 1. The van der Waals surface area contributed by atoms with E-state index in [1.807, 2.05) is 32.0 Å². The van der Waals surface area contributed by atoms with Crippen molar-refractivity contribution in [3.63, 3.8) is 0 Å². The minimum absolute atomic E-state index is 0.538. The molecule has 0 bridgehead atoms. The van der Waals surface area contributed by atoms with E-state index in [2.05, 4.69) is 20.3 Å². The van der Waals surface area contributed by atoms with Gasteiger partial charge < -0.3 is 18.9 Å². The topological polar surface area (TPSA) is 73.5 Å². The van der Waals surface area contributed by atoms with E-state index in [0.717, 1.165) is 40.8 Å². The number of aryl methyl sites for hydroxylation is 1. The van der Waals surface area contributed by atoms with Crippen LogP contribution in [0.15, 0.2) is 22.7 Å². The predicted octanol–water partition coefficient (Wildman–Crippen LogP) is 4.07. The molecule has 1 aliphatic heterocycles. The highest BCUT2D eigenvalue weighted by molar-refractivity contribution is 7.15. The van der Waals surface area contributed by atoms with Gasteiger partial charge in [0.2, 0.25) is 5.13 Å². The van der Waals surface area contributed by atoms with Crippen molar-refractivity contribution in [2.24, 2.45) is 5.92 Å². The van der Waals surface area contributed by atoms with Gasteiger partial charge in [0, 0.05) is 19.2 Å². The highest BCUT2D eigenvalue weighted by Gasteiger charge is 2.21. The number of nitrogens with zero attached hydrogens (tertiary/aromatic N) is 4. The molecule has 3 heterocycles. The zero-order valence-electron chi connectivity index (χ0n) is 15.7. The maximum absolute atomic E-state index is 5.94. The molecule has 7 nitrogen and oxygen atoms in total. The fourth-order valence-corrected chi connectivity index (χ4v) is 4.13. The zero-order chi connectivity index (χ0) is 18.6. The molecule has 0 aliphatic carbocycles. The van der Waals surface area contributed by atoms with E-state index in [1.54, 1.807) is 11.3 Å². The average molecular weight is 388 g/mol. The molecule has 0 spiro atoms. The van der Waals surface area contributed by atoms with Gasteiger partial charge in [-0.05, 0) is 56.3 Å². The van der Waals surface area contributed by atoms with Gasteiger partial charge in [-0.3, -0.25) is 0 Å².